The number of methoxy groups -OCH3 is 1. The highest BCUT2D eigenvalue weighted by molar-refractivity contribution is 8.02. The zero-order valence-electron chi connectivity index (χ0n) is 22.7. The van der Waals surface area contributed by atoms with E-state index in [-0.39, 0.29) is 30.2 Å². The molecule has 1 N–H and O–H groups in total. The Balaban J connectivity index is 1.68. The zero-order valence-corrected chi connectivity index (χ0v) is 23.5. The molecule has 0 radical (unpaired) electrons. The molecule has 38 heavy (non-hydrogen) atoms. The number of rotatable bonds is 6. The second kappa shape index (κ2) is 9.75. The number of benzene rings is 1. The first-order valence-electron chi connectivity index (χ1n) is 13.3. The maximum atomic E-state index is 14.6. The molecular formula is C29H37N3O5S. The lowest BCUT2D eigenvalue weighted by Crippen LogP contribution is -2.58. The van der Waals surface area contributed by atoms with E-state index in [2.05, 4.69) is 0 Å². The van der Waals surface area contributed by atoms with Crippen LogP contribution in [0.5, 0.6) is 5.75 Å². The molecule has 0 aliphatic carbocycles. The number of anilines is 1. The number of aliphatic hydroxyl groups is 1. The molecule has 0 saturated carbocycles. The summed E-state index contributed by atoms with van der Waals surface area (Å²) in [6, 6.07) is 5.92. The van der Waals surface area contributed by atoms with E-state index < -0.39 is 33.4 Å². The third-order valence-electron chi connectivity index (χ3n) is 8.93. The molecule has 0 bridgehead atoms. The number of nitrogens with zero attached hydrogens (tertiary/aromatic N) is 3. The van der Waals surface area contributed by atoms with Crippen LogP contribution in [0, 0.1) is 17.8 Å². The van der Waals surface area contributed by atoms with Gasteiger partial charge in [0, 0.05) is 30.6 Å². The summed E-state index contributed by atoms with van der Waals surface area (Å²) in [6.45, 7) is 6.61. The Morgan fingerprint density at radius 3 is 2.37 bits per heavy atom. The molecule has 1 aromatic rings. The van der Waals surface area contributed by atoms with Gasteiger partial charge in [-0.25, -0.2) is 0 Å². The zero-order chi connectivity index (χ0) is 27.4. The van der Waals surface area contributed by atoms with Gasteiger partial charge in [0.15, 0.2) is 0 Å². The molecule has 2 saturated heterocycles. The van der Waals surface area contributed by atoms with Gasteiger partial charge in [-0.05, 0) is 37.1 Å². The number of carbonyl (C=O) groups is 3. The van der Waals surface area contributed by atoms with Gasteiger partial charge in [-0.2, -0.15) is 0 Å². The van der Waals surface area contributed by atoms with E-state index in [0.29, 0.717) is 24.5 Å². The number of ether oxygens (including phenoxy) is 1. The maximum absolute atomic E-state index is 14.6. The van der Waals surface area contributed by atoms with Gasteiger partial charge in [0.1, 0.15) is 11.8 Å². The number of fused-ring (bicyclic) bond motifs is 2. The standard InChI is InChI=1S/C29H37N3O5S/c1-6-18(2)21(17-33)32-24-27(36)31(19-9-11-20(37-5)12-10-19)16-8-14-29(24)23(26(32)35)22-25(34)30(4)15-7-13-28(22,3)38-29/h7-14,18,21-24,33H,6,15-17H2,1-5H3/t18-,21-,22-,23-,24?,28+,29-/m0/s1. The van der Waals surface area contributed by atoms with E-state index in [9.17, 15) is 19.5 Å². The third kappa shape index (κ3) is 3.80. The fourth-order valence-corrected chi connectivity index (χ4v) is 8.89. The van der Waals surface area contributed by atoms with Crippen LogP contribution in [0.4, 0.5) is 5.69 Å². The molecule has 1 spiro atoms. The van der Waals surface area contributed by atoms with E-state index in [4.69, 9.17) is 4.74 Å². The number of carbonyl (C=O) groups excluding carboxylic acids is 3. The van der Waals surface area contributed by atoms with Crippen molar-refractivity contribution in [3.63, 3.8) is 0 Å². The Labute approximate surface area is 228 Å². The third-order valence-corrected chi connectivity index (χ3v) is 10.7. The first-order chi connectivity index (χ1) is 18.1. The number of hydrogen-bond acceptors (Lipinski definition) is 6. The first-order valence-corrected chi connectivity index (χ1v) is 14.1. The number of thioether (sulfide) groups is 1. The van der Waals surface area contributed by atoms with E-state index in [1.54, 1.807) is 40.6 Å². The van der Waals surface area contributed by atoms with Gasteiger partial charge in [0.2, 0.25) is 11.8 Å². The quantitative estimate of drug-likeness (QED) is 0.559. The molecule has 8 nitrogen and oxygen atoms in total. The number of aliphatic hydroxyl groups excluding tert-OH is 1. The average Bonchev–Trinajstić information content (AvgIpc) is 3.19. The predicted molar refractivity (Wildman–Crippen MR) is 148 cm³/mol. The van der Waals surface area contributed by atoms with Crippen molar-refractivity contribution in [2.75, 3.05) is 38.8 Å². The van der Waals surface area contributed by atoms with Crippen molar-refractivity contribution in [2.45, 2.75) is 48.8 Å². The Hall–Kier alpha value is -2.78. The van der Waals surface area contributed by atoms with E-state index in [1.807, 2.05) is 69.3 Å². The Morgan fingerprint density at radius 2 is 1.74 bits per heavy atom. The van der Waals surface area contributed by atoms with Crippen LogP contribution in [0.25, 0.3) is 0 Å². The highest BCUT2D eigenvalue weighted by Gasteiger charge is 2.74. The summed E-state index contributed by atoms with van der Waals surface area (Å²) < 4.78 is 3.72. The van der Waals surface area contributed by atoms with Gasteiger partial charge in [0.25, 0.3) is 5.91 Å². The number of hydrogen-bond donors (Lipinski definition) is 1. The number of likely N-dealkylation sites (tertiary alicyclic amines) is 1. The number of likely N-dealkylation sites (N-methyl/N-ethyl adjacent to an activating group) is 1. The molecule has 3 amide bonds. The van der Waals surface area contributed by atoms with Crippen molar-refractivity contribution in [2.24, 2.45) is 17.8 Å². The van der Waals surface area contributed by atoms with E-state index in [0.717, 1.165) is 6.42 Å². The second-order valence-electron chi connectivity index (χ2n) is 11.0. The van der Waals surface area contributed by atoms with Gasteiger partial charge in [-0.3, -0.25) is 14.4 Å². The monoisotopic (exact) mass is 539 g/mol. The van der Waals surface area contributed by atoms with Crippen LogP contribution >= 0.6 is 11.8 Å². The minimum Gasteiger partial charge on any atom is -0.497 e. The highest BCUT2D eigenvalue weighted by Crippen LogP contribution is 2.66. The van der Waals surface area contributed by atoms with Gasteiger partial charge in [0.05, 0.1) is 36.3 Å². The van der Waals surface area contributed by atoms with Crippen LogP contribution in [-0.4, -0.2) is 88.1 Å². The van der Waals surface area contributed by atoms with Crippen molar-refractivity contribution in [3.8, 4) is 5.75 Å². The largest absolute Gasteiger partial charge is 0.497 e. The molecule has 2 fully saturated rings. The second-order valence-corrected chi connectivity index (χ2v) is 12.8. The molecular weight excluding hydrogens is 502 g/mol. The van der Waals surface area contributed by atoms with Crippen LogP contribution in [0.15, 0.2) is 48.6 Å². The summed E-state index contributed by atoms with van der Waals surface area (Å²) in [4.78, 5) is 47.9. The van der Waals surface area contributed by atoms with Crippen LogP contribution < -0.4 is 9.64 Å². The lowest BCUT2D eigenvalue weighted by atomic mass is 9.74. The lowest BCUT2D eigenvalue weighted by Gasteiger charge is -2.41. The molecule has 9 heteroatoms. The predicted octanol–water partition coefficient (Wildman–Crippen LogP) is 2.72. The maximum Gasteiger partial charge on any atom is 0.251 e. The van der Waals surface area contributed by atoms with Crippen LogP contribution in [-0.2, 0) is 14.4 Å². The van der Waals surface area contributed by atoms with Crippen molar-refractivity contribution < 1.29 is 24.2 Å². The minimum atomic E-state index is -0.937. The van der Waals surface area contributed by atoms with Crippen LogP contribution in [0.3, 0.4) is 0 Å². The molecule has 204 valence electrons. The van der Waals surface area contributed by atoms with Crippen molar-refractivity contribution in [1.82, 2.24) is 9.80 Å². The number of amides is 3. The highest BCUT2D eigenvalue weighted by atomic mass is 32.2. The van der Waals surface area contributed by atoms with Gasteiger partial charge in [-0.15, -0.1) is 11.8 Å². The summed E-state index contributed by atoms with van der Waals surface area (Å²) in [6.07, 6.45) is 8.75. The van der Waals surface area contributed by atoms with Crippen molar-refractivity contribution >= 4 is 35.2 Å². The van der Waals surface area contributed by atoms with Crippen molar-refractivity contribution in [1.29, 1.82) is 0 Å². The minimum absolute atomic E-state index is 0.0296. The lowest BCUT2D eigenvalue weighted by molar-refractivity contribution is -0.145. The Bertz CT molecular complexity index is 1190. The molecule has 7 atom stereocenters. The van der Waals surface area contributed by atoms with Gasteiger partial charge >= 0.3 is 0 Å². The molecule has 1 unspecified atom stereocenters. The normalized spacial score (nSPS) is 34.0. The van der Waals surface area contributed by atoms with Crippen LogP contribution in [0.2, 0.25) is 0 Å². The van der Waals surface area contributed by atoms with Crippen LogP contribution in [0.1, 0.15) is 27.2 Å². The summed E-state index contributed by atoms with van der Waals surface area (Å²) in [5.74, 6) is -1.17. The summed E-state index contributed by atoms with van der Waals surface area (Å²) in [5.41, 5.74) is 0.705. The summed E-state index contributed by atoms with van der Waals surface area (Å²) in [7, 11) is 3.36. The Morgan fingerprint density at radius 1 is 1.05 bits per heavy atom. The Kier molecular flexibility index (Phi) is 6.88. The smallest absolute Gasteiger partial charge is 0.251 e. The summed E-state index contributed by atoms with van der Waals surface area (Å²) in [5, 5.41) is 10.5. The SMILES string of the molecule is CC[C@H](C)[C@H](CO)N1C(=O)[C@@H]2[C@H]3C(=O)N(C)CC=C[C@@]3(C)S[C@@]23C=CCN(c2ccc(OC)cc2)C(=O)C13. The first kappa shape index (κ1) is 26.8. The molecule has 1 aromatic carbocycles. The average molecular weight is 540 g/mol. The molecule has 4 heterocycles. The molecule has 0 aromatic heterocycles. The fraction of sp³-hybridized carbons (Fsp3) is 0.552. The molecule has 4 aliphatic heterocycles. The van der Waals surface area contributed by atoms with Gasteiger partial charge in [-0.1, -0.05) is 44.6 Å². The topological polar surface area (TPSA) is 90.4 Å². The van der Waals surface area contributed by atoms with E-state index in [1.165, 1.54) is 0 Å². The van der Waals surface area contributed by atoms with Gasteiger partial charge < -0.3 is 24.5 Å². The summed E-state index contributed by atoms with van der Waals surface area (Å²) >= 11 is 1.56. The van der Waals surface area contributed by atoms with E-state index >= 15 is 0 Å². The molecule has 5 rings (SSSR count). The molecule has 4 aliphatic rings. The van der Waals surface area contributed by atoms with Crippen molar-refractivity contribution in [3.05, 3.63) is 48.6 Å². The fourth-order valence-electron chi connectivity index (χ4n) is 6.75.